The molecule has 1 N–H and O–H groups in total. The molecule has 0 aromatic heterocycles. The highest BCUT2D eigenvalue weighted by Crippen LogP contribution is 2.20. The van der Waals surface area contributed by atoms with E-state index in [1.165, 1.54) is 31.2 Å². The summed E-state index contributed by atoms with van der Waals surface area (Å²) in [6.45, 7) is 1.37. The molecule has 3 nitrogen and oxygen atoms in total. The number of Topliss-reactive ketones (excluding diaryl/α,β-unsaturated/α-hetero) is 1. The van der Waals surface area contributed by atoms with Crippen LogP contribution < -0.4 is 5.32 Å². The van der Waals surface area contributed by atoms with Gasteiger partial charge in [-0.3, -0.25) is 9.59 Å². The van der Waals surface area contributed by atoms with Crippen molar-refractivity contribution in [2.24, 2.45) is 0 Å². The average Bonchev–Trinajstić information content (AvgIpc) is 2.15. The quantitative estimate of drug-likeness (QED) is 0.832. The van der Waals surface area contributed by atoms with Gasteiger partial charge in [-0.1, -0.05) is 0 Å². The van der Waals surface area contributed by atoms with Gasteiger partial charge in [0.25, 0.3) is 0 Å². The highest BCUT2D eigenvalue weighted by molar-refractivity contribution is 5.95. The maximum atomic E-state index is 11.9. The van der Waals surface area contributed by atoms with Gasteiger partial charge in [-0.15, -0.1) is 0 Å². The van der Waals surface area contributed by atoms with Gasteiger partial charge in [-0.2, -0.15) is 13.2 Å². The van der Waals surface area contributed by atoms with Crippen molar-refractivity contribution in [2.45, 2.75) is 19.5 Å². The first-order valence-electron chi connectivity index (χ1n) is 4.75. The zero-order valence-electron chi connectivity index (χ0n) is 8.97. The topological polar surface area (TPSA) is 46.2 Å². The number of hydrogen-bond donors (Lipinski definition) is 1. The van der Waals surface area contributed by atoms with Crippen LogP contribution in [0.15, 0.2) is 24.3 Å². The third-order valence-corrected chi connectivity index (χ3v) is 1.94. The maximum absolute atomic E-state index is 11.9. The van der Waals surface area contributed by atoms with Crippen molar-refractivity contribution in [2.75, 3.05) is 5.32 Å². The molecule has 0 aliphatic carbocycles. The van der Waals surface area contributed by atoms with Crippen LogP contribution in [0.1, 0.15) is 23.7 Å². The number of alkyl halides is 3. The molecular weight excluding hydrogens is 235 g/mol. The lowest BCUT2D eigenvalue weighted by atomic mass is 10.1. The lowest BCUT2D eigenvalue weighted by Crippen LogP contribution is -2.21. The molecule has 0 saturated heterocycles. The van der Waals surface area contributed by atoms with Gasteiger partial charge in [0, 0.05) is 11.3 Å². The van der Waals surface area contributed by atoms with Gasteiger partial charge in [0.05, 0.1) is 0 Å². The van der Waals surface area contributed by atoms with Crippen molar-refractivity contribution >= 4 is 17.4 Å². The second-order valence-electron chi connectivity index (χ2n) is 3.47. The Morgan fingerprint density at radius 1 is 1.18 bits per heavy atom. The Morgan fingerprint density at radius 2 is 1.71 bits per heavy atom. The molecular formula is C11H10F3NO2. The fourth-order valence-corrected chi connectivity index (χ4v) is 1.18. The maximum Gasteiger partial charge on any atom is 0.397 e. The SMILES string of the molecule is CC(=O)c1ccc(NC(=O)CC(F)(F)F)cc1. The Labute approximate surface area is 95.6 Å². The molecule has 1 rings (SSSR count). The van der Waals surface area contributed by atoms with Gasteiger partial charge in [-0.25, -0.2) is 0 Å². The van der Waals surface area contributed by atoms with E-state index in [4.69, 9.17) is 0 Å². The standard InChI is InChI=1S/C11H10F3NO2/c1-7(16)8-2-4-9(5-3-8)15-10(17)6-11(12,13)14/h2-5H,6H2,1H3,(H,15,17). The summed E-state index contributed by atoms with van der Waals surface area (Å²) in [6.07, 6.45) is -6.05. The average molecular weight is 245 g/mol. The number of halogens is 3. The predicted molar refractivity (Wildman–Crippen MR) is 55.7 cm³/mol. The van der Waals surface area contributed by atoms with E-state index >= 15 is 0 Å². The smallest absolute Gasteiger partial charge is 0.326 e. The zero-order chi connectivity index (χ0) is 13.1. The largest absolute Gasteiger partial charge is 0.397 e. The number of rotatable bonds is 3. The molecule has 0 saturated carbocycles. The van der Waals surface area contributed by atoms with E-state index in [0.29, 0.717) is 5.56 Å². The van der Waals surface area contributed by atoms with Crippen LogP contribution in [0, 0.1) is 0 Å². The van der Waals surface area contributed by atoms with Crippen molar-refractivity contribution in [3.8, 4) is 0 Å². The van der Waals surface area contributed by atoms with Crippen LogP contribution in [-0.2, 0) is 4.79 Å². The van der Waals surface area contributed by atoms with Crippen molar-refractivity contribution in [1.29, 1.82) is 0 Å². The first-order chi connectivity index (χ1) is 7.78. The van der Waals surface area contributed by atoms with E-state index in [1.54, 1.807) is 0 Å². The number of carbonyl (C=O) groups is 2. The Balaban J connectivity index is 2.64. The van der Waals surface area contributed by atoms with E-state index in [9.17, 15) is 22.8 Å². The van der Waals surface area contributed by atoms with Crippen LogP contribution >= 0.6 is 0 Å². The summed E-state index contributed by atoms with van der Waals surface area (Å²) in [5, 5.41) is 2.09. The third-order valence-electron chi connectivity index (χ3n) is 1.94. The lowest BCUT2D eigenvalue weighted by molar-refractivity contribution is -0.150. The second kappa shape index (κ2) is 4.99. The predicted octanol–water partition coefficient (Wildman–Crippen LogP) is 2.78. The summed E-state index contributed by atoms with van der Waals surface area (Å²) < 4.78 is 35.6. The minimum absolute atomic E-state index is 0.154. The lowest BCUT2D eigenvalue weighted by Gasteiger charge is -2.07. The first kappa shape index (κ1) is 13.2. The number of hydrogen-bond acceptors (Lipinski definition) is 2. The van der Waals surface area contributed by atoms with E-state index in [1.807, 2.05) is 0 Å². The molecule has 0 heterocycles. The van der Waals surface area contributed by atoms with Crippen molar-refractivity contribution < 1.29 is 22.8 Å². The number of benzene rings is 1. The fourth-order valence-electron chi connectivity index (χ4n) is 1.18. The normalized spacial score (nSPS) is 11.1. The zero-order valence-corrected chi connectivity index (χ0v) is 8.97. The van der Waals surface area contributed by atoms with Crippen LogP contribution in [-0.4, -0.2) is 17.9 Å². The number of carbonyl (C=O) groups excluding carboxylic acids is 2. The molecule has 0 radical (unpaired) electrons. The summed E-state index contributed by atoms with van der Waals surface area (Å²) in [5.41, 5.74) is 0.656. The Morgan fingerprint density at radius 3 is 2.12 bits per heavy atom. The summed E-state index contributed by atoms with van der Waals surface area (Å²) in [5.74, 6) is -1.29. The molecule has 6 heteroatoms. The van der Waals surface area contributed by atoms with Gasteiger partial charge in [0.2, 0.25) is 5.91 Å². The van der Waals surface area contributed by atoms with E-state index < -0.39 is 18.5 Å². The van der Waals surface area contributed by atoms with E-state index in [0.717, 1.165) is 0 Å². The Bertz CT molecular complexity index is 423. The van der Waals surface area contributed by atoms with Crippen molar-refractivity contribution in [3.63, 3.8) is 0 Å². The molecule has 0 fully saturated rings. The van der Waals surface area contributed by atoms with Crippen LogP contribution in [0.2, 0.25) is 0 Å². The molecule has 0 aliphatic rings. The molecule has 0 unspecified atom stereocenters. The summed E-state index contributed by atoms with van der Waals surface area (Å²) in [6, 6.07) is 5.63. The molecule has 17 heavy (non-hydrogen) atoms. The minimum Gasteiger partial charge on any atom is -0.326 e. The molecule has 0 atom stereocenters. The third kappa shape index (κ3) is 4.67. The highest BCUT2D eigenvalue weighted by atomic mass is 19.4. The van der Waals surface area contributed by atoms with E-state index in [-0.39, 0.29) is 11.5 Å². The molecule has 92 valence electrons. The van der Waals surface area contributed by atoms with Crippen molar-refractivity contribution in [3.05, 3.63) is 29.8 Å². The monoisotopic (exact) mass is 245 g/mol. The Hall–Kier alpha value is -1.85. The number of anilines is 1. The van der Waals surface area contributed by atoms with Gasteiger partial charge >= 0.3 is 6.18 Å². The number of amides is 1. The first-order valence-corrected chi connectivity index (χ1v) is 4.75. The van der Waals surface area contributed by atoms with Crippen LogP contribution in [0.3, 0.4) is 0 Å². The number of nitrogens with one attached hydrogen (secondary N) is 1. The fraction of sp³-hybridized carbons (Fsp3) is 0.273. The molecule has 0 spiro atoms. The van der Waals surface area contributed by atoms with Crippen LogP contribution in [0.4, 0.5) is 18.9 Å². The van der Waals surface area contributed by atoms with E-state index in [2.05, 4.69) is 5.32 Å². The minimum atomic E-state index is -4.52. The number of ketones is 1. The van der Waals surface area contributed by atoms with Gasteiger partial charge in [0.15, 0.2) is 5.78 Å². The molecule has 1 aromatic rings. The molecule has 1 amide bonds. The molecule has 1 aromatic carbocycles. The van der Waals surface area contributed by atoms with Gasteiger partial charge < -0.3 is 5.32 Å². The van der Waals surface area contributed by atoms with Crippen molar-refractivity contribution in [1.82, 2.24) is 0 Å². The summed E-state index contributed by atoms with van der Waals surface area (Å²) in [7, 11) is 0. The van der Waals surface area contributed by atoms with Crippen LogP contribution in [0.5, 0.6) is 0 Å². The van der Waals surface area contributed by atoms with Crippen LogP contribution in [0.25, 0.3) is 0 Å². The summed E-state index contributed by atoms with van der Waals surface area (Å²) in [4.78, 5) is 21.9. The molecule has 0 bridgehead atoms. The summed E-state index contributed by atoms with van der Waals surface area (Å²) >= 11 is 0. The van der Waals surface area contributed by atoms with Gasteiger partial charge in [-0.05, 0) is 31.2 Å². The highest BCUT2D eigenvalue weighted by Gasteiger charge is 2.31. The molecule has 0 aliphatic heterocycles. The Kier molecular flexibility index (Phi) is 3.88. The van der Waals surface area contributed by atoms with Gasteiger partial charge in [0.1, 0.15) is 6.42 Å². The second-order valence-corrected chi connectivity index (χ2v) is 3.47.